The Kier molecular flexibility index (Phi) is 2.59. The summed E-state index contributed by atoms with van der Waals surface area (Å²) in [4.78, 5) is 15.4. The highest BCUT2D eigenvalue weighted by molar-refractivity contribution is 7.09. The quantitative estimate of drug-likeness (QED) is 0.790. The molecule has 1 N–H and O–H groups in total. The zero-order valence-corrected chi connectivity index (χ0v) is 8.14. The molecule has 1 fully saturated rings. The summed E-state index contributed by atoms with van der Waals surface area (Å²) in [5, 5.41) is 5.94. The van der Waals surface area contributed by atoms with Crippen LogP contribution in [0.15, 0.2) is 11.6 Å². The van der Waals surface area contributed by atoms with Crippen LogP contribution in [0.4, 0.5) is 0 Å². The van der Waals surface area contributed by atoms with E-state index in [1.807, 2.05) is 5.38 Å². The first-order valence-electron chi connectivity index (χ1n) is 4.52. The van der Waals surface area contributed by atoms with Crippen molar-refractivity contribution in [2.75, 3.05) is 0 Å². The van der Waals surface area contributed by atoms with Crippen LogP contribution in [0.2, 0.25) is 0 Å². The minimum atomic E-state index is 0.165. The predicted molar refractivity (Wildman–Crippen MR) is 51.6 cm³/mol. The normalized spacial score (nSPS) is 15.7. The Morgan fingerprint density at radius 2 is 2.54 bits per heavy atom. The molecule has 0 radical (unpaired) electrons. The van der Waals surface area contributed by atoms with Crippen molar-refractivity contribution in [3.63, 3.8) is 0 Å². The van der Waals surface area contributed by atoms with E-state index in [9.17, 15) is 4.79 Å². The standard InChI is InChI=1S/C9H12N2OS/c12-8(11-7-1-2-7)3-4-9-10-5-6-13-9/h5-7H,1-4H2,(H,11,12). The fourth-order valence-corrected chi connectivity index (χ4v) is 1.74. The van der Waals surface area contributed by atoms with Gasteiger partial charge in [-0.25, -0.2) is 4.98 Å². The van der Waals surface area contributed by atoms with Crippen LogP contribution in [-0.4, -0.2) is 16.9 Å². The molecule has 2 rings (SSSR count). The number of carbonyl (C=O) groups excluding carboxylic acids is 1. The Bertz CT molecular complexity index is 280. The van der Waals surface area contributed by atoms with E-state index >= 15 is 0 Å². The number of carbonyl (C=O) groups is 1. The lowest BCUT2D eigenvalue weighted by Crippen LogP contribution is -2.25. The Hall–Kier alpha value is -0.900. The summed E-state index contributed by atoms with van der Waals surface area (Å²) >= 11 is 1.61. The molecule has 1 heterocycles. The third-order valence-electron chi connectivity index (χ3n) is 1.99. The van der Waals surface area contributed by atoms with E-state index in [4.69, 9.17) is 0 Å². The molecule has 0 saturated heterocycles. The second-order valence-electron chi connectivity index (χ2n) is 3.27. The molecule has 1 aromatic rings. The first kappa shape index (κ1) is 8.69. The molecule has 3 nitrogen and oxygen atoms in total. The molecule has 13 heavy (non-hydrogen) atoms. The Labute approximate surface area is 81.2 Å². The summed E-state index contributed by atoms with van der Waals surface area (Å²) in [5.41, 5.74) is 0. The number of thiazole rings is 1. The summed E-state index contributed by atoms with van der Waals surface area (Å²) in [6, 6.07) is 0.476. The topological polar surface area (TPSA) is 42.0 Å². The van der Waals surface area contributed by atoms with Crippen molar-refractivity contribution >= 4 is 17.2 Å². The molecular formula is C9H12N2OS. The van der Waals surface area contributed by atoms with Crippen molar-refractivity contribution in [2.24, 2.45) is 0 Å². The minimum absolute atomic E-state index is 0.165. The van der Waals surface area contributed by atoms with Gasteiger partial charge in [-0.15, -0.1) is 11.3 Å². The molecule has 4 heteroatoms. The van der Waals surface area contributed by atoms with Gasteiger partial charge in [0.25, 0.3) is 0 Å². The van der Waals surface area contributed by atoms with E-state index < -0.39 is 0 Å². The summed E-state index contributed by atoms with van der Waals surface area (Å²) in [6.45, 7) is 0. The summed E-state index contributed by atoms with van der Waals surface area (Å²) in [7, 11) is 0. The molecule has 1 saturated carbocycles. The molecule has 0 aromatic carbocycles. The molecule has 0 unspecified atom stereocenters. The SMILES string of the molecule is O=C(CCc1nccs1)NC1CC1. The second kappa shape index (κ2) is 3.87. The second-order valence-corrected chi connectivity index (χ2v) is 4.25. The molecule has 1 aliphatic carbocycles. The molecule has 70 valence electrons. The van der Waals surface area contributed by atoms with Crippen molar-refractivity contribution < 1.29 is 4.79 Å². The lowest BCUT2D eigenvalue weighted by Gasteiger charge is -2.00. The fraction of sp³-hybridized carbons (Fsp3) is 0.556. The van der Waals surface area contributed by atoms with E-state index in [0.29, 0.717) is 12.5 Å². The van der Waals surface area contributed by atoms with Crippen LogP contribution in [0.25, 0.3) is 0 Å². The van der Waals surface area contributed by atoms with Gasteiger partial charge in [0.15, 0.2) is 0 Å². The predicted octanol–water partition coefficient (Wildman–Crippen LogP) is 1.35. The zero-order valence-electron chi connectivity index (χ0n) is 7.32. The number of rotatable bonds is 4. The van der Waals surface area contributed by atoms with Crippen molar-refractivity contribution in [3.8, 4) is 0 Å². The number of amides is 1. The van der Waals surface area contributed by atoms with E-state index in [1.165, 1.54) is 0 Å². The minimum Gasteiger partial charge on any atom is -0.353 e. The zero-order chi connectivity index (χ0) is 9.10. The first-order chi connectivity index (χ1) is 6.34. The summed E-state index contributed by atoms with van der Waals surface area (Å²) < 4.78 is 0. The van der Waals surface area contributed by atoms with Crippen LogP contribution in [0.3, 0.4) is 0 Å². The average molecular weight is 196 g/mol. The van der Waals surface area contributed by atoms with Crippen molar-refractivity contribution in [3.05, 3.63) is 16.6 Å². The molecule has 0 bridgehead atoms. The lowest BCUT2D eigenvalue weighted by atomic mass is 10.3. The fourth-order valence-electron chi connectivity index (χ4n) is 1.12. The maximum Gasteiger partial charge on any atom is 0.220 e. The number of aryl methyl sites for hydroxylation is 1. The van der Waals surface area contributed by atoms with Gasteiger partial charge in [-0.1, -0.05) is 0 Å². The van der Waals surface area contributed by atoms with Crippen molar-refractivity contribution in [1.29, 1.82) is 0 Å². The third-order valence-corrected chi connectivity index (χ3v) is 2.83. The monoisotopic (exact) mass is 196 g/mol. The lowest BCUT2D eigenvalue weighted by molar-refractivity contribution is -0.121. The van der Waals surface area contributed by atoms with E-state index in [2.05, 4.69) is 10.3 Å². The molecule has 0 atom stereocenters. The van der Waals surface area contributed by atoms with Crippen LogP contribution >= 0.6 is 11.3 Å². The van der Waals surface area contributed by atoms with E-state index in [0.717, 1.165) is 24.3 Å². The molecule has 1 aromatic heterocycles. The smallest absolute Gasteiger partial charge is 0.220 e. The van der Waals surface area contributed by atoms with Gasteiger partial charge in [-0.2, -0.15) is 0 Å². The van der Waals surface area contributed by atoms with Gasteiger partial charge >= 0.3 is 0 Å². The number of hydrogen-bond donors (Lipinski definition) is 1. The Balaban J connectivity index is 1.69. The number of hydrogen-bond acceptors (Lipinski definition) is 3. The molecule has 0 aliphatic heterocycles. The number of nitrogens with one attached hydrogen (secondary N) is 1. The highest BCUT2D eigenvalue weighted by atomic mass is 32.1. The Morgan fingerprint density at radius 3 is 3.15 bits per heavy atom. The van der Waals surface area contributed by atoms with Crippen molar-refractivity contribution in [1.82, 2.24) is 10.3 Å². The highest BCUT2D eigenvalue weighted by Gasteiger charge is 2.22. The summed E-state index contributed by atoms with van der Waals surface area (Å²) in [6.07, 6.45) is 5.44. The third kappa shape index (κ3) is 2.81. The van der Waals surface area contributed by atoms with Crippen LogP contribution < -0.4 is 5.32 Å². The van der Waals surface area contributed by atoms with E-state index in [1.54, 1.807) is 17.5 Å². The van der Waals surface area contributed by atoms with Gasteiger partial charge in [0, 0.05) is 30.5 Å². The highest BCUT2D eigenvalue weighted by Crippen LogP contribution is 2.18. The number of aromatic nitrogens is 1. The Morgan fingerprint density at radius 1 is 1.69 bits per heavy atom. The van der Waals surface area contributed by atoms with Crippen LogP contribution in [-0.2, 0) is 11.2 Å². The van der Waals surface area contributed by atoms with Gasteiger partial charge in [0.05, 0.1) is 5.01 Å². The summed E-state index contributed by atoms with van der Waals surface area (Å²) in [5.74, 6) is 0.165. The van der Waals surface area contributed by atoms with E-state index in [-0.39, 0.29) is 5.91 Å². The molecule has 0 spiro atoms. The maximum absolute atomic E-state index is 11.3. The average Bonchev–Trinajstić information content (AvgIpc) is 2.78. The molecular weight excluding hydrogens is 184 g/mol. The number of nitrogens with zero attached hydrogens (tertiary/aromatic N) is 1. The van der Waals surface area contributed by atoms with Gasteiger partial charge in [-0.3, -0.25) is 4.79 Å². The van der Waals surface area contributed by atoms with Gasteiger partial charge in [0.1, 0.15) is 0 Å². The van der Waals surface area contributed by atoms with Gasteiger partial charge < -0.3 is 5.32 Å². The maximum atomic E-state index is 11.3. The van der Waals surface area contributed by atoms with Crippen LogP contribution in [0, 0.1) is 0 Å². The largest absolute Gasteiger partial charge is 0.353 e. The van der Waals surface area contributed by atoms with Crippen molar-refractivity contribution in [2.45, 2.75) is 31.7 Å². The van der Waals surface area contributed by atoms with Crippen LogP contribution in [0.1, 0.15) is 24.3 Å². The van der Waals surface area contributed by atoms with Gasteiger partial charge in [-0.05, 0) is 12.8 Å². The van der Waals surface area contributed by atoms with Crippen LogP contribution in [0.5, 0.6) is 0 Å². The molecule has 1 aliphatic rings. The first-order valence-corrected chi connectivity index (χ1v) is 5.40. The molecule has 1 amide bonds. The van der Waals surface area contributed by atoms with Gasteiger partial charge in [0.2, 0.25) is 5.91 Å².